The Kier molecular flexibility index (Phi) is 24.5. The van der Waals surface area contributed by atoms with E-state index in [2.05, 4.69) is 11.4 Å². The highest BCUT2D eigenvalue weighted by Crippen LogP contribution is 2.35. The van der Waals surface area contributed by atoms with Crippen LogP contribution in [-0.4, -0.2) is 69.2 Å². The number of unbranched alkanes of at least 4 members (excludes halogenated alkanes) is 11. The van der Waals surface area contributed by atoms with Crippen molar-refractivity contribution >= 4 is 7.82 Å². The molecule has 0 aromatic carbocycles. The molecule has 9 heteroatoms. The van der Waals surface area contributed by atoms with Gasteiger partial charge in [-0.05, 0) is 6.42 Å². The van der Waals surface area contributed by atoms with E-state index in [0.717, 1.165) is 13.0 Å². The second kappa shape index (κ2) is 24.6. The zero-order valence-corrected chi connectivity index (χ0v) is 20.5. The fourth-order valence-corrected chi connectivity index (χ4v) is 3.33. The SMILES string of the molecule is CCCCCCCCCCCCCCOCCOCCOCCOCCOP(=O)(O)O. The minimum atomic E-state index is -4.40. The maximum absolute atomic E-state index is 10.4. The third kappa shape index (κ3) is 29.9. The van der Waals surface area contributed by atoms with Gasteiger partial charge in [-0.1, -0.05) is 77.6 Å². The van der Waals surface area contributed by atoms with Crippen LogP contribution in [0.3, 0.4) is 0 Å². The lowest BCUT2D eigenvalue weighted by molar-refractivity contribution is -0.00578. The van der Waals surface area contributed by atoms with Crippen LogP contribution in [0, 0.1) is 0 Å². The summed E-state index contributed by atoms with van der Waals surface area (Å²) in [4.78, 5) is 17.0. The van der Waals surface area contributed by atoms with E-state index in [-0.39, 0.29) is 13.2 Å². The molecule has 31 heavy (non-hydrogen) atoms. The quantitative estimate of drug-likeness (QED) is 0.136. The number of hydrogen-bond acceptors (Lipinski definition) is 6. The molecule has 0 aromatic rings. The van der Waals surface area contributed by atoms with Crippen molar-refractivity contribution in [2.75, 3.05) is 59.5 Å². The van der Waals surface area contributed by atoms with Gasteiger partial charge in [0.25, 0.3) is 0 Å². The Labute approximate surface area is 189 Å². The van der Waals surface area contributed by atoms with E-state index >= 15 is 0 Å². The summed E-state index contributed by atoms with van der Waals surface area (Å²) in [6, 6.07) is 0. The molecule has 0 aliphatic carbocycles. The van der Waals surface area contributed by atoms with Gasteiger partial charge in [-0.15, -0.1) is 0 Å². The number of phosphoric acid groups is 1. The Morgan fingerprint density at radius 3 is 1.19 bits per heavy atom. The molecule has 0 radical (unpaired) electrons. The summed E-state index contributed by atoms with van der Waals surface area (Å²) in [6.45, 7) is 5.93. The highest BCUT2D eigenvalue weighted by molar-refractivity contribution is 7.46. The van der Waals surface area contributed by atoms with Crippen LogP contribution in [0.25, 0.3) is 0 Å². The summed E-state index contributed by atoms with van der Waals surface area (Å²) < 4.78 is 36.1. The van der Waals surface area contributed by atoms with Gasteiger partial charge in [-0.2, -0.15) is 0 Å². The Balaban J connectivity index is 3.03. The fraction of sp³-hybridized carbons (Fsp3) is 1.00. The maximum Gasteiger partial charge on any atom is 0.469 e. The minimum Gasteiger partial charge on any atom is -0.379 e. The summed E-state index contributed by atoms with van der Waals surface area (Å²) >= 11 is 0. The van der Waals surface area contributed by atoms with Crippen LogP contribution in [0.15, 0.2) is 0 Å². The van der Waals surface area contributed by atoms with E-state index in [1.54, 1.807) is 0 Å². The van der Waals surface area contributed by atoms with E-state index in [1.807, 2.05) is 0 Å². The maximum atomic E-state index is 10.4. The molecule has 0 saturated carbocycles. The second-order valence-corrected chi connectivity index (χ2v) is 8.90. The van der Waals surface area contributed by atoms with Crippen LogP contribution >= 0.6 is 7.82 Å². The lowest BCUT2D eigenvalue weighted by Crippen LogP contribution is -2.13. The van der Waals surface area contributed by atoms with Crippen molar-refractivity contribution in [1.29, 1.82) is 0 Å². The molecule has 188 valence electrons. The zero-order chi connectivity index (χ0) is 22.9. The molecule has 0 unspecified atom stereocenters. The zero-order valence-electron chi connectivity index (χ0n) is 19.6. The molecule has 0 amide bonds. The van der Waals surface area contributed by atoms with Gasteiger partial charge in [-0.3, -0.25) is 4.52 Å². The first-order valence-electron chi connectivity index (χ1n) is 12.1. The Morgan fingerprint density at radius 1 is 0.484 bits per heavy atom. The molecule has 0 aliphatic heterocycles. The van der Waals surface area contributed by atoms with Crippen molar-refractivity contribution < 1.29 is 37.8 Å². The first-order valence-corrected chi connectivity index (χ1v) is 13.6. The smallest absolute Gasteiger partial charge is 0.379 e. The highest BCUT2D eigenvalue weighted by Gasteiger charge is 2.12. The lowest BCUT2D eigenvalue weighted by Gasteiger charge is -2.08. The van der Waals surface area contributed by atoms with Crippen LogP contribution in [0.1, 0.15) is 84.0 Å². The minimum absolute atomic E-state index is 0.113. The summed E-state index contributed by atoms with van der Waals surface area (Å²) in [6.07, 6.45) is 16.2. The van der Waals surface area contributed by atoms with Crippen molar-refractivity contribution in [1.82, 2.24) is 0 Å². The van der Waals surface area contributed by atoms with Gasteiger partial charge in [0.05, 0.1) is 52.9 Å². The van der Waals surface area contributed by atoms with Crippen LogP contribution in [-0.2, 0) is 28.0 Å². The average molecular weight is 471 g/mol. The third-order valence-electron chi connectivity index (χ3n) is 4.75. The summed E-state index contributed by atoms with van der Waals surface area (Å²) in [7, 11) is -4.40. The lowest BCUT2D eigenvalue weighted by atomic mass is 10.1. The van der Waals surface area contributed by atoms with Crippen molar-refractivity contribution in [3.05, 3.63) is 0 Å². The van der Waals surface area contributed by atoms with E-state index < -0.39 is 7.82 Å². The van der Waals surface area contributed by atoms with Gasteiger partial charge in [0.15, 0.2) is 0 Å². The summed E-state index contributed by atoms with van der Waals surface area (Å²) in [5.41, 5.74) is 0. The number of ether oxygens (including phenoxy) is 4. The van der Waals surface area contributed by atoms with Gasteiger partial charge >= 0.3 is 7.82 Å². The molecule has 0 fully saturated rings. The normalized spacial score (nSPS) is 12.0. The second-order valence-electron chi connectivity index (χ2n) is 7.66. The first-order chi connectivity index (χ1) is 15.1. The van der Waals surface area contributed by atoms with Gasteiger partial charge in [0.1, 0.15) is 0 Å². The predicted molar refractivity (Wildman–Crippen MR) is 122 cm³/mol. The molecule has 0 rings (SSSR count). The van der Waals surface area contributed by atoms with Crippen molar-refractivity contribution in [2.24, 2.45) is 0 Å². The van der Waals surface area contributed by atoms with Gasteiger partial charge < -0.3 is 28.7 Å². The van der Waals surface area contributed by atoms with Crippen LogP contribution in [0.4, 0.5) is 0 Å². The van der Waals surface area contributed by atoms with E-state index in [9.17, 15) is 4.57 Å². The van der Waals surface area contributed by atoms with Gasteiger partial charge in [0, 0.05) is 6.61 Å². The standard InChI is InChI=1S/C22H47O8P/c1-2-3-4-5-6-7-8-9-10-11-12-13-14-26-15-16-27-17-18-28-19-20-29-21-22-30-31(23,24)25/h2-22H2,1H3,(H2,23,24,25). The summed E-state index contributed by atoms with van der Waals surface area (Å²) in [5.74, 6) is 0. The van der Waals surface area contributed by atoms with Crippen LogP contribution in [0.5, 0.6) is 0 Å². The van der Waals surface area contributed by atoms with Gasteiger partial charge in [-0.25, -0.2) is 4.57 Å². The molecule has 0 aliphatic rings. The van der Waals surface area contributed by atoms with Gasteiger partial charge in [0.2, 0.25) is 0 Å². The number of phosphoric ester groups is 1. The molecular weight excluding hydrogens is 423 g/mol. The van der Waals surface area contributed by atoms with Crippen molar-refractivity contribution in [3.63, 3.8) is 0 Å². The Morgan fingerprint density at radius 2 is 0.806 bits per heavy atom. The monoisotopic (exact) mass is 470 g/mol. The third-order valence-corrected chi connectivity index (χ3v) is 5.26. The number of rotatable bonds is 26. The average Bonchev–Trinajstić information content (AvgIpc) is 2.73. The molecule has 0 atom stereocenters. The fourth-order valence-electron chi connectivity index (χ4n) is 3.02. The van der Waals surface area contributed by atoms with Crippen LogP contribution in [0.2, 0.25) is 0 Å². The Hall–Kier alpha value is -0.0500. The highest BCUT2D eigenvalue weighted by atomic mass is 31.2. The Bertz CT molecular complexity index is 392. The van der Waals surface area contributed by atoms with E-state index in [1.165, 1.54) is 70.6 Å². The van der Waals surface area contributed by atoms with E-state index in [0.29, 0.717) is 39.6 Å². The molecule has 0 spiro atoms. The van der Waals surface area contributed by atoms with Crippen LogP contribution < -0.4 is 0 Å². The van der Waals surface area contributed by atoms with E-state index in [4.69, 9.17) is 28.7 Å². The van der Waals surface area contributed by atoms with Crippen molar-refractivity contribution in [2.45, 2.75) is 84.0 Å². The molecule has 8 nitrogen and oxygen atoms in total. The summed E-state index contributed by atoms with van der Waals surface area (Å²) in [5, 5.41) is 0. The first kappa shape index (κ1) is 30.9. The van der Waals surface area contributed by atoms with Crippen molar-refractivity contribution in [3.8, 4) is 0 Å². The molecule has 0 saturated heterocycles. The largest absolute Gasteiger partial charge is 0.469 e. The molecule has 0 aromatic heterocycles. The molecule has 0 heterocycles. The molecule has 0 bridgehead atoms. The molecule has 2 N–H and O–H groups in total. The topological polar surface area (TPSA) is 104 Å². The molecular formula is C22H47O8P. The predicted octanol–water partition coefficient (Wildman–Crippen LogP) is 4.86. The number of hydrogen-bond donors (Lipinski definition) is 2.